The molecule has 0 aliphatic heterocycles. The number of anilines is 1. The summed E-state index contributed by atoms with van der Waals surface area (Å²) in [6.45, 7) is 3.36. The third-order valence-corrected chi connectivity index (χ3v) is 3.26. The van der Waals surface area contributed by atoms with Crippen molar-refractivity contribution in [3.63, 3.8) is 0 Å². The molecule has 6 nitrogen and oxygen atoms in total. The molecule has 1 aromatic carbocycles. The lowest BCUT2D eigenvalue weighted by molar-refractivity contribution is -0.384. The summed E-state index contributed by atoms with van der Waals surface area (Å²) in [6.07, 6.45) is 0. The molecule has 0 unspecified atom stereocenters. The van der Waals surface area contributed by atoms with E-state index in [0.717, 1.165) is 0 Å². The Morgan fingerprint density at radius 3 is 2.63 bits per heavy atom. The molecule has 1 amide bonds. The van der Waals surface area contributed by atoms with Crippen LogP contribution in [0.25, 0.3) is 0 Å². The number of hydrogen-bond donors (Lipinski definition) is 1. The van der Waals surface area contributed by atoms with Gasteiger partial charge in [0.15, 0.2) is 0 Å². The Morgan fingerprint density at radius 1 is 1.53 bits per heavy atom. The molecule has 0 bridgehead atoms. The summed E-state index contributed by atoms with van der Waals surface area (Å²) in [5, 5.41) is 13.3. The fraction of sp³-hybridized carbons (Fsp3) is 0.417. The van der Waals surface area contributed by atoms with Crippen molar-refractivity contribution in [2.45, 2.75) is 13.8 Å². The number of nitrogens with zero attached hydrogens (tertiary/aromatic N) is 1. The van der Waals surface area contributed by atoms with Gasteiger partial charge in [0.2, 0.25) is 5.91 Å². The van der Waals surface area contributed by atoms with Gasteiger partial charge in [-0.05, 0) is 19.9 Å². The number of carbonyl (C=O) groups is 1. The number of amides is 1. The summed E-state index contributed by atoms with van der Waals surface area (Å²) in [7, 11) is 1.42. The fourth-order valence-corrected chi connectivity index (χ4v) is 1.38. The lowest BCUT2D eigenvalue weighted by atomic mass is 9.95. The average molecular weight is 287 g/mol. The van der Waals surface area contributed by atoms with E-state index in [1.165, 1.54) is 25.3 Å². The summed E-state index contributed by atoms with van der Waals surface area (Å²) in [6, 6.07) is 3.99. The Balaban J connectivity index is 3.08. The van der Waals surface area contributed by atoms with Gasteiger partial charge in [0, 0.05) is 18.0 Å². The van der Waals surface area contributed by atoms with Crippen LogP contribution in [0.2, 0.25) is 0 Å². The summed E-state index contributed by atoms with van der Waals surface area (Å²) in [5.74, 6) is 0.154. The number of nitrogens with one attached hydrogen (secondary N) is 1. The Bertz CT molecular complexity index is 503. The van der Waals surface area contributed by atoms with Crippen molar-refractivity contribution in [2.75, 3.05) is 18.3 Å². The highest BCUT2D eigenvalue weighted by Crippen LogP contribution is 2.30. The van der Waals surface area contributed by atoms with Crippen LogP contribution in [0.5, 0.6) is 5.75 Å². The molecule has 104 valence electrons. The molecule has 0 aromatic heterocycles. The lowest BCUT2D eigenvalue weighted by Gasteiger charge is -2.21. The van der Waals surface area contributed by atoms with Gasteiger partial charge in [0.05, 0.1) is 23.1 Å². The maximum absolute atomic E-state index is 12.0. The number of non-ortho nitro benzene ring substituents is 1. The van der Waals surface area contributed by atoms with E-state index in [2.05, 4.69) is 5.32 Å². The van der Waals surface area contributed by atoms with Crippen molar-refractivity contribution >= 4 is 28.9 Å². The average Bonchev–Trinajstić information content (AvgIpc) is 2.38. The number of nitro groups is 1. The van der Waals surface area contributed by atoms with Crippen LogP contribution in [0.1, 0.15) is 13.8 Å². The Morgan fingerprint density at radius 2 is 2.16 bits per heavy atom. The zero-order chi connectivity index (χ0) is 14.6. The highest BCUT2D eigenvalue weighted by atomic mass is 35.5. The van der Waals surface area contributed by atoms with Crippen molar-refractivity contribution in [1.29, 1.82) is 0 Å². The van der Waals surface area contributed by atoms with Crippen molar-refractivity contribution in [3.8, 4) is 5.75 Å². The molecule has 0 atom stereocenters. The molecule has 7 heteroatoms. The second-order valence-corrected chi connectivity index (χ2v) is 4.88. The largest absolute Gasteiger partial charge is 0.495 e. The number of rotatable bonds is 5. The van der Waals surface area contributed by atoms with Gasteiger partial charge in [0.25, 0.3) is 5.69 Å². The first-order valence-electron chi connectivity index (χ1n) is 5.51. The number of benzene rings is 1. The van der Waals surface area contributed by atoms with Crippen LogP contribution < -0.4 is 10.1 Å². The predicted octanol–water partition coefficient (Wildman–Crippen LogP) is 2.81. The van der Waals surface area contributed by atoms with Crippen LogP contribution in [0, 0.1) is 15.5 Å². The van der Waals surface area contributed by atoms with Crippen LogP contribution in [0.3, 0.4) is 0 Å². The molecule has 0 aliphatic carbocycles. The SMILES string of the molecule is COc1ccc([N+](=O)[O-])cc1NC(=O)C(C)(C)CCl. The molecule has 0 saturated heterocycles. The molecule has 0 heterocycles. The quantitative estimate of drug-likeness (QED) is 0.512. The number of carbonyl (C=O) groups excluding carboxylic acids is 1. The highest BCUT2D eigenvalue weighted by Gasteiger charge is 2.27. The first kappa shape index (κ1) is 15.2. The Labute approximate surface area is 115 Å². The molecular weight excluding hydrogens is 272 g/mol. The summed E-state index contributed by atoms with van der Waals surface area (Å²) >= 11 is 5.71. The normalized spacial score (nSPS) is 10.9. The maximum Gasteiger partial charge on any atom is 0.271 e. The van der Waals surface area contributed by atoms with E-state index in [1.807, 2.05) is 0 Å². The molecule has 0 saturated carbocycles. The predicted molar refractivity (Wildman–Crippen MR) is 72.8 cm³/mol. The molecule has 19 heavy (non-hydrogen) atoms. The zero-order valence-electron chi connectivity index (χ0n) is 10.9. The van der Waals surface area contributed by atoms with E-state index in [4.69, 9.17) is 16.3 Å². The van der Waals surface area contributed by atoms with Crippen molar-refractivity contribution in [3.05, 3.63) is 28.3 Å². The first-order chi connectivity index (χ1) is 8.81. The number of nitro benzene ring substituents is 1. The van der Waals surface area contributed by atoms with Crippen LogP contribution in [0.4, 0.5) is 11.4 Å². The van der Waals surface area contributed by atoms with Gasteiger partial charge in [-0.2, -0.15) is 0 Å². The van der Waals surface area contributed by atoms with Gasteiger partial charge >= 0.3 is 0 Å². The van der Waals surface area contributed by atoms with Crippen LogP contribution in [-0.2, 0) is 4.79 Å². The van der Waals surface area contributed by atoms with E-state index in [1.54, 1.807) is 13.8 Å². The van der Waals surface area contributed by atoms with E-state index in [0.29, 0.717) is 5.75 Å². The molecule has 0 spiro atoms. The number of alkyl halides is 1. The molecule has 0 aliphatic rings. The summed E-state index contributed by atoms with van der Waals surface area (Å²) < 4.78 is 5.06. The van der Waals surface area contributed by atoms with E-state index in [9.17, 15) is 14.9 Å². The minimum atomic E-state index is -0.781. The van der Waals surface area contributed by atoms with Gasteiger partial charge < -0.3 is 10.1 Å². The second kappa shape index (κ2) is 5.88. The van der Waals surface area contributed by atoms with Gasteiger partial charge in [-0.3, -0.25) is 14.9 Å². The summed E-state index contributed by atoms with van der Waals surface area (Å²) in [4.78, 5) is 22.2. The Kier molecular flexibility index (Phi) is 4.72. The minimum absolute atomic E-state index is 0.125. The minimum Gasteiger partial charge on any atom is -0.495 e. The number of halogens is 1. The van der Waals surface area contributed by atoms with Crippen molar-refractivity contribution in [2.24, 2.45) is 5.41 Å². The molecule has 0 radical (unpaired) electrons. The van der Waals surface area contributed by atoms with Crippen molar-refractivity contribution < 1.29 is 14.5 Å². The van der Waals surface area contributed by atoms with Crippen LogP contribution in [0.15, 0.2) is 18.2 Å². The highest BCUT2D eigenvalue weighted by molar-refractivity contribution is 6.20. The fourth-order valence-electron chi connectivity index (χ4n) is 1.26. The smallest absolute Gasteiger partial charge is 0.271 e. The molecular formula is C12H15ClN2O4. The second-order valence-electron chi connectivity index (χ2n) is 4.61. The van der Waals surface area contributed by atoms with Crippen molar-refractivity contribution in [1.82, 2.24) is 0 Å². The monoisotopic (exact) mass is 286 g/mol. The zero-order valence-corrected chi connectivity index (χ0v) is 11.7. The molecule has 1 rings (SSSR count). The standard InChI is InChI=1S/C12H15ClN2O4/c1-12(2,7-13)11(16)14-9-6-8(15(17)18)4-5-10(9)19-3/h4-6H,7H2,1-3H3,(H,14,16). The van der Waals surface area contributed by atoms with E-state index < -0.39 is 10.3 Å². The van der Waals surface area contributed by atoms with Crippen LogP contribution >= 0.6 is 11.6 Å². The molecule has 0 fully saturated rings. The number of ether oxygens (including phenoxy) is 1. The van der Waals surface area contributed by atoms with E-state index in [-0.39, 0.29) is 23.2 Å². The third kappa shape index (κ3) is 3.57. The Hall–Kier alpha value is -1.82. The molecule has 1 N–H and O–H groups in total. The lowest BCUT2D eigenvalue weighted by Crippen LogP contribution is -2.32. The van der Waals surface area contributed by atoms with Gasteiger partial charge in [-0.15, -0.1) is 11.6 Å². The van der Waals surface area contributed by atoms with Gasteiger partial charge in [-0.1, -0.05) is 0 Å². The maximum atomic E-state index is 12.0. The topological polar surface area (TPSA) is 81.5 Å². The van der Waals surface area contributed by atoms with Gasteiger partial charge in [0.1, 0.15) is 5.75 Å². The summed E-state index contributed by atoms with van der Waals surface area (Å²) in [5.41, 5.74) is -0.656. The first-order valence-corrected chi connectivity index (χ1v) is 6.05. The number of methoxy groups -OCH3 is 1. The molecule has 1 aromatic rings. The van der Waals surface area contributed by atoms with Crippen LogP contribution in [-0.4, -0.2) is 23.8 Å². The third-order valence-electron chi connectivity index (χ3n) is 2.59. The van der Waals surface area contributed by atoms with E-state index >= 15 is 0 Å². The van der Waals surface area contributed by atoms with Gasteiger partial charge in [-0.25, -0.2) is 0 Å². The number of hydrogen-bond acceptors (Lipinski definition) is 4.